The van der Waals surface area contributed by atoms with Crippen molar-refractivity contribution in [3.8, 4) is 0 Å². The number of methoxy groups -OCH3 is 1. The number of carbonyl (C=O) groups excluding carboxylic acids is 1. The molecule has 0 rings (SSSR count). The van der Waals surface area contributed by atoms with Crippen molar-refractivity contribution < 1.29 is 29.3 Å². The summed E-state index contributed by atoms with van der Waals surface area (Å²) < 4.78 is 8.46. The average molecular weight is 194 g/mol. The maximum Gasteiger partial charge on any atom is 0.507 e. The minimum Gasteiger partial charge on any atom is -0.450 e. The predicted octanol–water partition coefficient (Wildman–Crippen LogP) is 1.81. The van der Waals surface area contributed by atoms with E-state index in [1.807, 2.05) is 0 Å². The van der Waals surface area contributed by atoms with Crippen LogP contribution in [0.2, 0.25) is 0 Å². The predicted molar refractivity (Wildman–Crippen MR) is 45.9 cm³/mol. The Morgan fingerprint density at radius 3 is 1.69 bits per heavy atom. The highest BCUT2D eigenvalue weighted by molar-refractivity contribution is 5.59. The number of hydrogen-bond donors (Lipinski definition) is 2. The normalized spacial score (nSPS) is 6.31. The van der Waals surface area contributed by atoms with Gasteiger partial charge in [0, 0.05) is 0 Å². The van der Waals surface area contributed by atoms with Crippen LogP contribution in [0.15, 0.2) is 13.2 Å². The number of ether oxygens (including phenoxy) is 2. The summed E-state index contributed by atoms with van der Waals surface area (Å²) >= 11 is 0. The van der Waals surface area contributed by atoms with E-state index in [9.17, 15) is 4.79 Å². The third kappa shape index (κ3) is 65.5. The molecule has 0 saturated carbocycles. The largest absolute Gasteiger partial charge is 0.507 e. The molecule has 0 aromatic heterocycles. The second kappa shape index (κ2) is 16.7. The fourth-order valence-electron chi connectivity index (χ4n) is 0.177. The van der Waals surface area contributed by atoms with Crippen molar-refractivity contribution >= 4 is 12.3 Å². The molecule has 0 fully saturated rings. The van der Waals surface area contributed by atoms with Crippen molar-refractivity contribution in [1.29, 1.82) is 0 Å². The smallest absolute Gasteiger partial charge is 0.450 e. The summed E-state index contributed by atoms with van der Waals surface area (Å²) in [5.74, 6) is 0. The minimum atomic E-state index is -1.83. The second-order valence-electron chi connectivity index (χ2n) is 1.17. The molecule has 0 spiro atoms. The Balaban J connectivity index is -0.000000142. The van der Waals surface area contributed by atoms with Crippen LogP contribution in [0.4, 0.5) is 9.59 Å². The molecule has 0 bridgehead atoms. The standard InChI is InChI=1S/C4H8O3.C2H4.CH2O3/c1-3-7-4(5)6-2;1-2;2-1(3)4/h3H2,1-2H3;1-2H2;(H2,2,3,4). The fourth-order valence-corrected chi connectivity index (χ4v) is 0.177. The fraction of sp³-hybridized carbons (Fsp3) is 0.429. The first-order chi connectivity index (χ1) is 6.04. The summed E-state index contributed by atoms with van der Waals surface area (Å²) in [5.41, 5.74) is 0. The van der Waals surface area contributed by atoms with Crippen molar-refractivity contribution in [3.63, 3.8) is 0 Å². The maximum absolute atomic E-state index is 9.97. The summed E-state index contributed by atoms with van der Waals surface area (Å²) in [7, 11) is 1.28. The summed E-state index contributed by atoms with van der Waals surface area (Å²) in [5, 5.41) is 13.9. The molecule has 0 aliphatic heterocycles. The van der Waals surface area contributed by atoms with Gasteiger partial charge in [0.1, 0.15) is 0 Å². The van der Waals surface area contributed by atoms with E-state index in [4.69, 9.17) is 15.0 Å². The molecule has 0 unspecified atom stereocenters. The van der Waals surface area contributed by atoms with E-state index >= 15 is 0 Å². The van der Waals surface area contributed by atoms with E-state index < -0.39 is 12.3 Å². The molecular weight excluding hydrogens is 180 g/mol. The SMILES string of the molecule is C=C.CCOC(=O)OC.O=C(O)O. The van der Waals surface area contributed by atoms with Gasteiger partial charge < -0.3 is 19.7 Å². The maximum atomic E-state index is 9.97. The van der Waals surface area contributed by atoms with Gasteiger partial charge in [-0.2, -0.15) is 0 Å². The Morgan fingerprint density at radius 2 is 1.62 bits per heavy atom. The zero-order chi connectivity index (χ0) is 11.3. The minimum absolute atomic E-state index is 0.368. The highest BCUT2D eigenvalue weighted by Crippen LogP contribution is 1.77. The van der Waals surface area contributed by atoms with Gasteiger partial charge >= 0.3 is 12.3 Å². The molecule has 0 aromatic carbocycles. The van der Waals surface area contributed by atoms with Crippen LogP contribution in [-0.4, -0.2) is 36.2 Å². The topological polar surface area (TPSA) is 93.1 Å². The first-order valence-corrected chi connectivity index (χ1v) is 3.17. The van der Waals surface area contributed by atoms with Crippen LogP contribution >= 0.6 is 0 Å². The average Bonchev–Trinajstić information content (AvgIpc) is 2.07. The summed E-state index contributed by atoms with van der Waals surface area (Å²) in [4.78, 5) is 18.5. The molecule has 0 atom stereocenters. The van der Waals surface area contributed by atoms with E-state index in [0.29, 0.717) is 6.61 Å². The van der Waals surface area contributed by atoms with Crippen LogP contribution in [-0.2, 0) is 9.47 Å². The number of carboxylic acid groups (broad SMARTS) is 2. The van der Waals surface area contributed by atoms with Crippen molar-refractivity contribution in [1.82, 2.24) is 0 Å². The quantitative estimate of drug-likeness (QED) is 0.488. The molecule has 0 aliphatic rings. The molecule has 6 nitrogen and oxygen atoms in total. The zero-order valence-corrected chi connectivity index (χ0v) is 7.65. The Kier molecular flexibility index (Phi) is 22.3. The van der Waals surface area contributed by atoms with Crippen LogP contribution in [0.3, 0.4) is 0 Å². The van der Waals surface area contributed by atoms with E-state index in [0.717, 1.165) is 0 Å². The van der Waals surface area contributed by atoms with E-state index in [1.165, 1.54) is 7.11 Å². The first kappa shape index (κ1) is 17.4. The van der Waals surface area contributed by atoms with Crippen molar-refractivity contribution in [2.24, 2.45) is 0 Å². The molecular formula is C7H14O6. The lowest BCUT2D eigenvalue weighted by molar-refractivity contribution is 0.0771. The number of carbonyl (C=O) groups is 2. The van der Waals surface area contributed by atoms with Crippen molar-refractivity contribution in [3.05, 3.63) is 13.2 Å². The summed E-state index contributed by atoms with van der Waals surface area (Å²) in [6, 6.07) is 0. The lowest BCUT2D eigenvalue weighted by Crippen LogP contribution is -2.02. The van der Waals surface area contributed by atoms with Gasteiger partial charge in [0.2, 0.25) is 0 Å². The molecule has 0 aromatic rings. The van der Waals surface area contributed by atoms with Crippen LogP contribution in [0, 0.1) is 0 Å². The Bertz CT molecular complexity index is 129. The van der Waals surface area contributed by atoms with Gasteiger partial charge in [-0.25, -0.2) is 9.59 Å². The van der Waals surface area contributed by atoms with Crippen molar-refractivity contribution in [2.75, 3.05) is 13.7 Å². The van der Waals surface area contributed by atoms with Gasteiger partial charge in [-0.15, -0.1) is 13.2 Å². The Hall–Kier alpha value is -1.72. The first-order valence-electron chi connectivity index (χ1n) is 3.17. The third-order valence-corrected chi connectivity index (χ3v) is 0.429. The second-order valence-corrected chi connectivity index (χ2v) is 1.17. The molecule has 78 valence electrons. The van der Waals surface area contributed by atoms with Gasteiger partial charge in [-0.05, 0) is 6.92 Å². The van der Waals surface area contributed by atoms with Crippen LogP contribution < -0.4 is 0 Å². The van der Waals surface area contributed by atoms with Gasteiger partial charge in [0.25, 0.3) is 0 Å². The summed E-state index contributed by atoms with van der Waals surface area (Å²) in [6.07, 6.45) is -2.46. The zero-order valence-electron chi connectivity index (χ0n) is 7.65. The van der Waals surface area contributed by atoms with E-state index in [1.54, 1.807) is 6.92 Å². The number of rotatable bonds is 1. The van der Waals surface area contributed by atoms with E-state index in [2.05, 4.69) is 22.6 Å². The van der Waals surface area contributed by atoms with Gasteiger partial charge in [-0.1, -0.05) is 0 Å². The highest BCUT2D eigenvalue weighted by atomic mass is 16.7. The molecule has 0 saturated heterocycles. The third-order valence-electron chi connectivity index (χ3n) is 0.429. The molecule has 0 radical (unpaired) electrons. The van der Waals surface area contributed by atoms with Crippen LogP contribution in [0.1, 0.15) is 6.92 Å². The van der Waals surface area contributed by atoms with Gasteiger partial charge in [0.05, 0.1) is 13.7 Å². The molecule has 2 N–H and O–H groups in total. The molecule has 13 heavy (non-hydrogen) atoms. The van der Waals surface area contributed by atoms with Crippen molar-refractivity contribution in [2.45, 2.75) is 6.92 Å². The Morgan fingerprint density at radius 1 is 1.31 bits per heavy atom. The van der Waals surface area contributed by atoms with Crippen LogP contribution in [0.25, 0.3) is 0 Å². The molecule has 0 amide bonds. The number of hydrogen-bond acceptors (Lipinski definition) is 4. The molecule has 0 heterocycles. The molecule has 0 aliphatic carbocycles. The van der Waals surface area contributed by atoms with Crippen LogP contribution in [0.5, 0.6) is 0 Å². The lowest BCUT2D eigenvalue weighted by atomic mass is 10.9. The van der Waals surface area contributed by atoms with E-state index in [-0.39, 0.29) is 0 Å². The van der Waals surface area contributed by atoms with Gasteiger partial charge in [0.15, 0.2) is 0 Å². The summed E-state index contributed by atoms with van der Waals surface area (Å²) in [6.45, 7) is 8.09. The highest BCUT2D eigenvalue weighted by Gasteiger charge is 1.92. The van der Waals surface area contributed by atoms with Gasteiger partial charge in [-0.3, -0.25) is 0 Å². The monoisotopic (exact) mass is 194 g/mol. The molecule has 6 heteroatoms. The Labute approximate surface area is 76.4 Å². The lowest BCUT2D eigenvalue weighted by Gasteiger charge is -1.94.